The average Bonchev–Trinajstić information content (AvgIpc) is 2.89. The van der Waals surface area contributed by atoms with Crippen LogP contribution in [0.2, 0.25) is 12.1 Å². The monoisotopic (exact) mass is 602 g/mol. The predicted molar refractivity (Wildman–Crippen MR) is 160 cm³/mol. The van der Waals surface area contributed by atoms with Crippen molar-refractivity contribution >= 4 is 17.6 Å². The maximum atomic E-state index is 6.21. The first-order valence-electron chi connectivity index (χ1n) is 15.3. The highest BCUT2D eigenvalue weighted by Crippen LogP contribution is 2.29. The number of hydrogen-bond acceptors (Lipinski definition) is 9. The van der Waals surface area contributed by atoms with E-state index in [-0.39, 0.29) is 6.10 Å². The van der Waals surface area contributed by atoms with E-state index in [1.807, 2.05) is 47.6 Å². The second-order valence-corrected chi connectivity index (χ2v) is 15.2. The van der Waals surface area contributed by atoms with E-state index in [0.717, 1.165) is 42.7 Å². The van der Waals surface area contributed by atoms with Gasteiger partial charge in [0.2, 0.25) is 0 Å². The van der Waals surface area contributed by atoms with E-state index in [9.17, 15) is 0 Å². The summed E-state index contributed by atoms with van der Waals surface area (Å²) in [5.41, 5.74) is 1.15. The summed E-state index contributed by atoms with van der Waals surface area (Å²) in [4.78, 5) is 0. The summed E-state index contributed by atoms with van der Waals surface area (Å²) < 4.78 is 54.2. The van der Waals surface area contributed by atoms with Gasteiger partial charge in [0.05, 0.1) is 25.4 Å². The third kappa shape index (κ3) is 12.1. The fourth-order valence-corrected chi connectivity index (χ4v) is 10.1. The average molecular weight is 603 g/mol. The summed E-state index contributed by atoms with van der Waals surface area (Å²) in [6.07, 6.45) is 4.02. The van der Waals surface area contributed by atoms with Crippen molar-refractivity contribution in [2.24, 2.45) is 0 Å². The van der Waals surface area contributed by atoms with Crippen LogP contribution in [0.15, 0.2) is 18.2 Å². The van der Waals surface area contributed by atoms with Gasteiger partial charge in [0, 0.05) is 57.8 Å². The highest BCUT2D eigenvalue weighted by Gasteiger charge is 2.40. The molecule has 1 saturated heterocycles. The molecule has 1 fully saturated rings. The minimum atomic E-state index is -2.69. The van der Waals surface area contributed by atoms with Crippen LogP contribution in [-0.4, -0.2) is 82.7 Å². The van der Waals surface area contributed by atoms with Crippen molar-refractivity contribution in [3.8, 4) is 11.5 Å². The highest BCUT2D eigenvalue weighted by molar-refractivity contribution is 6.61. The smallest absolute Gasteiger partial charge is 0.493 e. The molecule has 11 heteroatoms. The second kappa shape index (κ2) is 19.2. The molecule has 0 aromatic heterocycles. The van der Waals surface area contributed by atoms with E-state index in [4.69, 9.17) is 40.8 Å². The molecule has 0 spiro atoms. The standard InChI is InChI=1S/C29H54O9Si2/c1-8-32-39(33-9-2,34-10-3)18-14-16-30-27-21-26(23-29-20-25(7)38-29)22-28(24-27)31-17-15-19-40(35-11-4,36-12-5)37-13-6/h21-22,24-25,29H,8-20,23H2,1-7H3. The zero-order valence-corrected chi connectivity index (χ0v) is 28.0. The Balaban J connectivity index is 2.01. The molecule has 0 radical (unpaired) electrons. The van der Waals surface area contributed by atoms with E-state index in [2.05, 4.69) is 19.1 Å². The van der Waals surface area contributed by atoms with Gasteiger partial charge in [-0.2, -0.15) is 0 Å². The van der Waals surface area contributed by atoms with Crippen LogP contribution in [0.25, 0.3) is 0 Å². The van der Waals surface area contributed by atoms with Crippen LogP contribution in [0.4, 0.5) is 0 Å². The summed E-state index contributed by atoms with van der Waals surface area (Å²) in [5.74, 6) is 1.58. The van der Waals surface area contributed by atoms with Gasteiger partial charge in [-0.1, -0.05) is 0 Å². The van der Waals surface area contributed by atoms with Crippen LogP contribution in [0.1, 0.15) is 73.3 Å². The van der Waals surface area contributed by atoms with Gasteiger partial charge in [0.1, 0.15) is 11.5 Å². The second-order valence-electron chi connectivity index (χ2n) is 9.69. The van der Waals surface area contributed by atoms with Gasteiger partial charge < -0.3 is 40.8 Å². The van der Waals surface area contributed by atoms with E-state index in [1.165, 1.54) is 0 Å². The lowest BCUT2D eigenvalue weighted by Gasteiger charge is -2.33. The van der Waals surface area contributed by atoms with Crippen LogP contribution in [0.5, 0.6) is 11.5 Å². The maximum Gasteiger partial charge on any atom is 0.501 e. The Morgan fingerprint density at radius 1 is 0.650 bits per heavy atom. The molecular weight excluding hydrogens is 548 g/mol. The molecular formula is C29H54O9Si2. The normalized spacial score (nSPS) is 17.6. The summed E-state index contributed by atoms with van der Waals surface area (Å²) in [5, 5.41) is 0. The molecule has 1 aliphatic heterocycles. The molecule has 0 N–H and O–H groups in total. The maximum absolute atomic E-state index is 6.21. The number of rotatable bonds is 24. The Hall–Kier alpha value is -1.03. The topological polar surface area (TPSA) is 83.1 Å². The van der Waals surface area contributed by atoms with Gasteiger partial charge in [-0.3, -0.25) is 0 Å². The van der Waals surface area contributed by atoms with Crippen LogP contribution < -0.4 is 9.47 Å². The van der Waals surface area contributed by atoms with E-state index < -0.39 is 17.6 Å². The van der Waals surface area contributed by atoms with Crippen molar-refractivity contribution in [3.05, 3.63) is 23.8 Å². The van der Waals surface area contributed by atoms with E-state index >= 15 is 0 Å². The molecule has 232 valence electrons. The Bertz CT molecular complexity index is 721. The third-order valence-electron chi connectivity index (χ3n) is 6.40. The van der Waals surface area contributed by atoms with Crippen molar-refractivity contribution in [2.45, 2.75) is 98.4 Å². The van der Waals surface area contributed by atoms with Crippen molar-refractivity contribution in [3.63, 3.8) is 0 Å². The Morgan fingerprint density at radius 2 is 1.02 bits per heavy atom. The first-order chi connectivity index (χ1) is 19.4. The number of ether oxygens (including phenoxy) is 3. The third-order valence-corrected chi connectivity index (χ3v) is 12.7. The Labute approximate surface area is 244 Å². The number of hydrogen-bond donors (Lipinski definition) is 0. The van der Waals surface area contributed by atoms with Gasteiger partial charge >= 0.3 is 17.6 Å². The molecule has 2 unspecified atom stereocenters. The first kappa shape index (κ1) is 35.2. The highest BCUT2D eigenvalue weighted by atomic mass is 28.4. The molecule has 1 heterocycles. The summed E-state index contributed by atoms with van der Waals surface area (Å²) >= 11 is 0. The van der Waals surface area contributed by atoms with Gasteiger partial charge in [0.15, 0.2) is 0 Å². The Morgan fingerprint density at radius 3 is 1.35 bits per heavy atom. The summed E-state index contributed by atoms with van der Waals surface area (Å²) in [7, 11) is -5.37. The lowest BCUT2D eigenvalue weighted by Crippen LogP contribution is -2.46. The molecule has 2 rings (SSSR count). The van der Waals surface area contributed by atoms with Crippen molar-refractivity contribution in [1.29, 1.82) is 0 Å². The molecule has 1 aromatic carbocycles. The quantitative estimate of drug-likeness (QED) is 0.104. The molecule has 0 saturated carbocycles. The van der Waals surface area contributed by atoms with Crippen molar-refractivity contribution in [2.75, 3.05) is 52.9 Å². The minimum Gasteiger partial charge on any atom is -0.493 e. The number of benzene rings is 1. The van der Waals surface area contributed by atoms with Crippen LogP contribution in [-0.2, 0) is 37.7 Å². The first-order valence-corrected chi connectivity index (χ1v) is 19.1. The molecule has 0 aliphatic carbocycles. The molecule has 2 atom stereocenters. The zero-order chi connectivity index (χ0) is 29.3. The largest absolute Gasteiger partial charge is 0.501 e. The molecule has 1 aromatic rings. The minimum absolute atomic E-state index is 0.239. The van der Waals surface area contributed by atoms with Crippen LogP contribution in [0, 0.1) is 0 Å². The van der Waals surface area contributed by atoms with Gasteiger partial charge in [-0.25, -0.2) is 0 Å². The van der Waals surface area contributed by atoms with E-state index in [0.29, 0.717) is 71.0 Å². The molecule has 40 heavy (non-hydrogen) atoms. The lowest BCUT2D eigenvalue weighted by molar-refractivity contribution is -0.112. The summed E-state index contributed by atoms with van der Waals surface area (Å²) in [6.45, 7) is 18.4. The summed E-state index contributed by atoms with van der Waals surface area (Å²) in [6, 6.07) is 7.57. The van der Waals surface area contributed by atoms with Gasteiger partial charge in [-0.15, -0.1) is 0 Å². The van der Waals surface area contributed by atoms with Crippen LogP contribution >= 0.6 is 0 Å². The SMILES string of the molecule is CCO[Si](CCCOc1cc(CC2CC(C)O2)cc(OCCC[Si](OCC)(OCC)OCC)c1)(OCC)OCC. The fraction of sp³-hybridized carbons (Fsp3) is 0.793. The zero-order valence-electron chi connectivity index (χ0n) is 26.0. The van der Waals surface area contributed by atoms with Gasteiger partial charge in [0.25, 0.3) is 0 Å². The predicted octanol–water partition coefficient (Wildman–Crippen LogP) is 6.04. The molecule has 0 bridgehead atoms. The lowest BCUT2D eigenvalue weighted by atomic mass is 9.98. The Kier molecular flexibility index (Phi) is 16.9. The molecule has 0 amide bonds. The fourth-order valence-electron chi connectivity index (χ4n) is 4.96. The molecule has 1 aliphatic rings. The molecule has 9 nitrogen and oxygen atoms in total. The van der Waals surface area contributed by atoms with Crippen molar-refractivity contribution in [1.82, 2.24) is 0 Å². The van der Waals surface area contributed by atoms with Crippen LogP contribution in [0.3, 0.4) is 0 Å². The van der Waals surface area contributed by atoms with Gasteiger partial charge in [-0.05, 0) is 91.8 Å². The van der Waals surface area contributed by atoms with E-state index in [1.54, 1.807) is 0 Å². The van der Waals surface area contributed by atoms with Crippen molar-refractivity contribution < 1.29 is 40.8 Å².